The fourth-order valence-corrected chi connectivity index (χ4v) is 3.62. The largest absolute Gasteiger partial charge is 0.373 e. The molecular weight excluding hydrogens is 376 g/mol. The molecule has 1 aliphatic heterocycles. The predicted octanol–water partition coefficient (Wildman–Crippen LogP) is 3.66. The molecular formula is C24H32N4O2. The molecule has 0 spiro atoms. The molecule has 2 aromatic rings. The van der Waals surface area contributed by atoms with Crippen molar-refractivity contribution in [2.75, 3.05) is 31.6 Å². The van der Waals surface area contributed by atoms with E-state index in [0.29, 0.717) is 11.9 Å². The molecule has 1 aliphatic rings. The van der Waals surface area contributed by atoms with Crippen molar-refractivity contribution in [3.05, 3.63) is 65.7 Å². The van der Waals surface area contributed by atoms with Crippen LogP contribution < -0.4 is 16.0 Å². The normalized spacial score (nSPS) is 19.2. The number of aliphatic imine (C=N–C) groups is 1. The summed E-state index contributed by atoms with van der Waals surface area (Å²) in [5.41, 5.74) is 3.24. The molecule has 0 aliphatic carbocycles. The number of anilines is 1. The second-order valence-electron chi connectivity index (χ2n) is 7.59. The van der Waals surface area contributed by atoms with Crippen molar-refractivity contribution in [3.8, 4) is 0 Å². The molecule has 0 radical (unpaired) electrons. The molecule has 2 aromatic carbocycles. The highest BCUT2D eigenvalue weighted by molar-refractivity contribution is 5.94. The van der Waals surface area contributed by atoms with E-state index in [4.69, 9.17) is 4.74 Å². The minimum atomic E-state index is -0.142. The van der Waals surface area contributed by atoms with E-state index in [1.165, 1.54) is 11.1 Å². The number of aryl methyl sites for hydroxylation is 1. The molecule has 0 bridgehead atoms. The number of hydrogen-bond donors (Lipinski definition) is 3. The van der Waals surface area contributed by atoms with Crippen molar-refractivity contribution in [2.45, 2.75) is 32.8 Å². The summed E-state index contributed by atoms with van der Waals surface area (Å²) < 4.78 is 6.11. The van der Waals surface area contributed by atoms with Crippen LogP contribution in [0.1, 0.15) is 37.0 Å². The summed E-state index contributed by atoms with van der Waals surface area (Å²) in [5, 5.41) is 9.48. The summed E-state index contributed by atoms with van der Waals surface area (Å²) in [6, 6.07) is 18.0. The van der Waals surface area contributed by atoms with Gasteiger partial charge in [-0.3, -0.25) is 4.79 Å². The van der Waals surface area contributed by atoms with Crippen molar-refractivity contribution < 1.29 is 9.53 Å². The Kier molecular flexibility index (Phi) is 8.27. The van der Waals surface area contributed by atoms with Gasteiger partial charge in [-0.1, -0.05) is 48.0 Å². The number of ether oxygens (including phenoxy) is 1. The van der Waals surface area contributed by atoms with E-state index >= 15 is 0 Å². The first-order valence-electron chi connectivity index (χ1n) is 10.7. The van der Waals surface area contributed by atoms with Crippen LogP contribution in [-0.2, 0) is 9.53 Å². The number of hydrogen-bond acceptors (Lipinski definition) is 3. The van der Waals surface area contributed by atoms with E-state index in [-0.39, 0.29) is 18.6 Å². The van der Waals surface area contributed by atoms with E-state index in [1.54, 1.807) is 0 Å². The molecule has 3 rings (SSSR count). The molecule has 1 saturated heterocycles. The van der Waals surface area contributed by atoms with Gasteiger partial charge in [0.2, 0.25) is 5.91 Å². The molecule has 1 heterocycles. The fourth-order valence-electron chi connectivity index (χ4n) is 3.62. The topological polar surface area (TPSA) is 74.8 Å². The van der Waals surface area contributed by atoms with E-state index in [1.807, 2.05) is 37.3 Å². The summed E-state index contributed by atoms with van der Waals surface area (Å²) in [6.45, 7) is 6.44. The molecule has 0 saturated carbocycles. The first-order valence-corrected chi connectivity index (χ1v) is 10.7. The van der Waals surface area contributed by atoms with E-state index in [0.717, 1.165) is 38.2 Å². The second kappa shape index (κ2) is 11.4. The van der Waals surface area contributed by atoms with E-state index in [2.05, 4.69) is 52.1 Å². The Hall–Kier alpha value is -2.86. The lowest BCUT2D eigenvalue weighted by molar-refractivity contribution is -0.114. The number of para-hydroxylation sites is 1. The van der Waals surface area contributed by atoms with E-state index in [9.17, 15) is 4.79 Å². The highest BCUT2D eigenvalue weighted by Crippen LogP contribution is 2.33. The van der Waals surface area contributed by atoms with Crippen molar-refractivity contribution >= 4 is 17.6 Å². The van der Waals surface area contributed by atoms with Gasteiger partial charge in [0.25, 0.3) is 0 Å². The zero-order valence-corrected chi connectivity index (χ0v) is 17.9. The van der Waals surface area contributed by atoms with E-state index < -0.39 is 0 Å². The van der Waals surface area contributed by atoms with Gasteiger partial charge in [0.15, 0.2) is 5.96 Å². The minimum Gasteiger partial charge on any atom is -0.373 e. The zero-order chi connectivity index (χ0) is 21.2. The third kappa shape index (κ3) is 6.59. The molecule has 1 fully saturated rings. The van der Waals surface area contributed by atoms with Crippen molar-refractivity contribution in [3.63, 3.8) is 0 Å². The predicted molar refractivity (Wildman–Crippen MR) is 122 cm³/mol. The van der Waals surface area contributed by atoms with Gasteiger partial charge in [0.1, 0.15) is 6.54 Å². The number of amides is 1. The Morgan fingerprint density at radius 1 is 1.10 bits per heavy atom. The van der Waals surface area contributed by atoms with Crippen LogP contribution in [0.25, 0.3) is 0 Å². The highest BCUT2D eigenvalue weighted by Gasteiger charge is 2.27. The molecule has 0 aromatic heterocycles. The van der Waals surface area contributed by atoms with Gasteiger partial charge in [-0.25, -0.2) is 4.99 Å². The monoisotopic (exact) mass is 408 g/mol. The molecule has 160 valence electrons. The maximum atomic E-state index is 12.2. The minimum absolute atomic E-state index is 0.0623. The van der Waals surface area contributed by atoms with Crippen molar-refractivity contribution in [2.24, 2.45) is 10.9 Å². The third-order valence-electron chi connectivity index (χ3n) is 5.16. The van der Waals surface area contributed by atoms with Crippen LogP contribution in [-0.4, -0.2) is 38.1 Å². The molecule has 30 heavy (non-hydrogen) atoms. The number of guanidine groups is 1. The Labute approximate surface area is 179 Å². The van der Waals surface area contributed by atoms with Crippen LogP contribution in [0.15, 0.2) is 59.6 Å². The summed E-state index contributed by atoms with van der Waals surface area (Å²) in [6.07, 6.45) is 2.23. The molecule has 6 nitrogen and oxygen atoms in total. The smallest absolute Gasteiger partial charge is 0.246 e. The first-order chi connectivity index (χ1) is 14.7. The van der Waals surface area contributed by atoms with Gasteiger partial charge < -0.3 is 20.7 Å². The summed E-state index contributed by atoms with van der Waals surface area (Å²) in [7, 11) is 0. The third-order valence-corrected chi connectivity index (χ3v) is 5.16. The zero-order valence-electron chi connectivity index (χ0n) is 17.9. The number of benzene rings is 2. The molecule has 1 amide bonds. The maximum absolute atomic E-state index is 12.2. The van der Waals surface area contributed by atoms with Crippen molar-refractivity contribution in [1.29, 1.82) is 0 Å². The standard InChI is InChI=1S/C24H32N4O2/c1-3-25-24(27-17-22(29)28-21-9-5-4-6-10-21)26-16-20-8-7-15-30-23(20)19-13-11-18(2)12-14-19/h4-6,9-14,20,23H,3,7-8,15-17H2,1-2H3,(H,28,29)(H2,25,26,27). The highest BCUT2D eigenvalue weighted by atomic mass is 16.5. The van der Waals surface area contributed by atoms with Crippen LogP contribution in [0.3, 0.4) is 0 Å². The average molecular weight is 409 g/mol. The quantitative estimate of drug-likeness (QED) is 0.483. The SMILES string of the molecule is CCNC(=NCC(=O)Nc1ccccc1)NCC1CCCOC1c1ccc(C)cc1. The van der Waals surface area contributed by atoms with Crippen LogP contribution in [0.4, 0.5) is 5.69 Å². The second-order valence-corrected chi connectivity index (χ2v) is 7.59. The molecule has 2 unspecified atom stereocenters. The molecule has 6 heteroatoms. The van der Waals surface area contributed by atoms with Crippen LogP contribution in [0.2, 0.25) is 0 Å². The lowest BCUT2D eigenvalue weighted by atomic mass is 9.89. The Morgan fingerprint density at radius 3 is 2.60 bits per heavy atom. The van der Waals surface area contributed by atoms with Gasteiger partial charge in [-0.2, -0.15) is 0 Å². The van der Waals surface area contributed by atoms with Crippen molar-refractivity contribution in [1.82, 2.24) is 10.6 Å². The van der Waals surface area contributed by atoms with Gasteiger partial charge in [0.05, 0.1) is 6.10 Å². The summed E-state index contributed by atoms with van der Waals surface area (Å²) in [5.74, 6) is 0.856. The Balaban J connectivity index is 1.57. The van der Waals surface area contributed by atoms with Crippen LogP contribution >= 0.6 is 0 Å². The number of carbonyl (C=O) groups excluding carboxylic acids is 1. The Bertz CT molecular complexity index is 821. The van der Waals surface area contributed by atoms with Crippen LogP contribution in [0, 0.1) is 12.8 Å². The van der Waals surface area contributed by atoms with Gasteiger partial charge in [-0.15, -0.1) is 0 Å². The number of nitrogens with one attached hydrogen (secondary N) is 3. The Morgan fingerprint density at radius 2 is 1.87 bits per heavy atom. The summed E-state index contributed by atoms with van der Waals surface area (Å²) in [4.78, 5) is 16.6. The lowest BCUT2D eigenvalue weighted by Crippen LogP contribution is -2.42. The molecule has 2 atom stereocenters. The molecule has 3 N–H and O–H groups in total. The number of nitrogens with zero attached hydrogens (tertiary/aromatic N) is 1. The summed E-state index contributed by atoms with van der Waals surface area (Å²) >= 11 is 0. The average Bonchev–Trinajstić information content (AvgIpc) is 2.77. The van der Waals surface area contributed by atoms with Crippen LogP contribution in [0.5, 0.6) is 0 Å². The lowest BCUT2D eigenvalue weighted by Gasteiger charge is -2.32. The number of carbonyl (C=O) groups is 1. The van der Waals surface area contributed by atoms with Gasteiger partial charge in [0, 0.05) is 31.3 Å². The number of rotatable bonds is 7. The van der Waals surface area contributed by atoms with Gasteiger partial charge >= 0.3 is 0 Å². The van der Waals surface area contributed by atoms with Gasteiger partial charge in [-0.05, 0) is 44.4 Å². The fraction of sp³-hybridized carbons (Fsp3) is 0.417. The maximum Gasteiger partial charge on any atom is 0.246 e. The first kappa shape index (κ1) is 21.8.